The van der Waals surface area contributed by atoms with Gasteiger partial charge in [-0.05, 0) is 56.8 Å². The van der Waals surface area contributed by atoms with Gasteiger partial charge in [0, 0.05) is 0 Å². The van der Waals surface area contributed by atoms with Gasteiger partial charge in [-0.3, -0.25) is 0 Å². The van der Waals surface area contributed by atoms with Crippen LogP contribution in [-0.2, 0) is 0 Å². The van der Waals surface area contributed by atoms with Crippen LogP contribution in [0.5, 0.6) is 5.88 Å². The number of hydrogen-bond acceptors (Lipinski definition) is 5. The third-order valence-electron chi connectivity index (χ3n) is 3.96. The van der Waals surface area contributed by atoms with Crippen LogP contribution in [0.25, 0.3) is 11.0 Å². The number of fused-ring (bicyclic) bond motifs is 1. The SMILES string of the molecule is Nc1nc2ccccc2nc1OCCC[C@@H]1CCCNC1. The number of para-hydroxylation sites is 2. The van der Waals surface area contributed by atoms with Crippen LogP contribution in [0.3, 0.4) is 0 Å². The van der Waals surface area contributed by atoms with Crippen molar-refractivity contribution < 1.29 is 4.74 Å². The first-order chi connectivity index (χ1) is 10.3. The van der Waals surface area contributed by atoms with Crippen LogP contribution in [0.15, 0.2) is 24.3 Å². The summed E-state index contributed by atoms with van der Waals surface area (Å²) in [6, 6.07) is 7.68. The monoisotopic (exact) mass is 286 g/mol. The molecular formula is C16H22N4O. The number of anilines is 1. The maximum atomic E-state index is 5.90. The summed E-state index contributed by atoms with van der Waals surface area (Å²) >= 11 is 0. The number of rotatable bonds is 5. The van der Waals surface area contributed by atoms with Crippen LogP contribution < -0.4 is 15.8 Å². The van der Waals surface area contributed by atoms with Gasteiger partial charge in [0.2, 0.25) is 0 Å². The molecule has 1 aromatic carbocycles. The van der Waals surface area contributed by atoms with Gasteiger partial charge in [-0.15, -0.1) is 0 Å². The first-order valence-corrected chi connectivity index (χ1v) is 7.69. The Morgan fingerprint density at radius 1 is 1.24 bits per heavy atom. The molecule has 1 aliphatic rings. The fourth-order valence-corrected chi connectivity index (χ4v) is 2.81. The standard InChI is InChI=1S/C16H22N4O/c17-15-16(20-14-8-2-1-7-13(14)19-15)21-10-4-6-12-5-3-9-18-11-12/h1-2,7-8,12,18H,3-6,9-11H2,(H2,17,19)/t12-/m0/s1. The van der Waals surface area contributed by atoms with Crippen molar-refractivity contribution in [2.24, 2.45) is 5.92 Å². The van der Waals surface area contributed by atoms with Crippen molar-refractivity contribution in [2.45, 2.75) is 25.7 Å². The van der Waals surface area contributed by atoms with Gasteiger partial charge in [-0.25, -0.2) is 9.97 Å². The van der Waals surface area contributed by atoms with E-state index in [0.29, 0.717) is 18.3 Å². The minimum absolute atomic E-state index is 0.369. The number of nitrogens with one attached hydrogen (secondary N) is 1. The van der Waals surface area contributed by atoms with Crippen LogP contribution >= 0.6 is 0 Å². The molecule has 1 atom stereocenters. The zero-order valence-electron chi connectivity index (χ0n) is 12.2. The van der Waals surface area contributed by atoms with E-state index in [-0.39, 0.29) is 0 Å². The minimum Gasteiger partial charge on any atom is -0.475 e. The Kier molecular flexibility index (Phi) is 4.50. The van der Waals surface area contributed by atoms with Gasteiger partial charge in [0.15, 0.2) is 5.82 Å². The normalized spacial score (nSPS) is 18.8. The molecule has 0 unspecified atom stereocenters. The molecule has 21 heavy (non-hydrogen) atoms. The van der Waals surface area contributed by atoms with E-state index in [4.69, 9.17) is 10.5 Å². The van der Waals surface area contributed by atoms with Gasteiger partial charge in [-0.1, -0.05) is 12.1 Å². The molecule has 1 saturated heterocycles. The highest BCUT2D eigenvalue weighted by Gasteiger charge is 2.13. The van der Waals surface area contributed by atoms with Gasteiger partial charge in [0.25, 0.3) is 5.88 Å². The number of aromatic nitrogens is 2. The predicted octanol–water partition coefficient (Wildman–Crippen LogP) is 2.37. The number of benzene rings is 1. The van der Waals surface area contributed by atoms with Crippen molar-refractivity contribution >= 4 is 16.9 Å². The molecule has 0 saturated carbocycles. The van der Waals surface area contributed by atoms with E-state index < -0.39 is 0 Å². The minimum atomic E-state index is 0.369. The molecule has 2 heterocycles. The average molecular weight is 286 g/mol. The Labute approximate surface area is 124 Å². The van der Waals surface area contributed by atoms with E-state index >= 15 is 0 Å². The average Bonchev–Trinajstić information content (AvgIpc) is 2.53. The van der Waals surface area contributed by atoms with Crippen LogP contribution in [0, 0.1) is 5.92 Å². The Hall–Kier alpha value is -1.88. The number of piperidine rings is 1. The van der Waals surface area contributed by atoms with Crippen LogP contribution in [-0.4, -0.2) is 29.7 Å². The number of ether oxygens (including phenoxy) is 1. The summed E-state index contributed by atoms with van der Waals surface area (Å²) in [7, 11) is 0. The lowest BCUT2D eigenvalue weighted by Crippen LogP contribution is -2.29. The Bertz CT molecular complexity index is 596. The molecule has 1 aliphatic heterocycles. The molecule has 0 amide bonds. The summed E-state index contributed by atoms with van der Waals surface area (Å²) in [5.41, 5.74) is 7.52. The maximum absolute atomic E-state index is 5.90. The fraction of sp³-hybridized carbons (Fsp3) is 0.500. The zero-order chi connectivity index (χ0) is 14.5. The summed E-state index contributed by atoms with van der Waals surface area (Å²) in [5.74, 6) is 1.60. The zero-order valence-corrected chi connectivity index (χ0v) is 12.2. The largest absolute Gasteiger partial charge is 0.475 e. The third kappa shape index (κ3) is 3.61. The summed E-state index contributed by atoms with van der Waals surface area (Å²) in [5, 5.41) is 3.44. The van der Waals surface area contributed by atoms with E-state index in [1.807, 2.05) is 24.3 Å². The molecule has 0 bridgehead atoms. The van der Waals surface area contributed by atoms with Gasteiger partial charge in [0.1, 0.15) is 0 Å². The predicted molar refractivity (Wildman–Crippen MR) is 84.3 cm³/mol. The Balaban J connectivity index is 1.53. The van der Waals surface area contributed by atoms with E-state index in [1.54, 1.807) is 0 Å². The summed E-state index contributed by atoms with van der Waals surface area (Å²) < 4.78 is 5.72. The van der Waals surface area contributed by atoms with Crippen molar-refractivity contribution in [3.8, 4) is 5.88 Å². The number of nitrogens with zero attached hydrogens (tertiary/aromatic N) is 2. The maximum Gasteiger partial charge on any atom is 0.257 e. The van der Waals surface area contributed by atoms with Gasteiger partial charge in [-0.2, -0.15) is 0 Å². The second-order valence-electron chi connectivity index (χ2n) is 5.61. The molecule has 112 valence electrons. The molecule has 5 heteroatoms. The first-order valence-electron chi connectivity index (χ1n) is 7.69. The summed E-state index contributed by atoms with van der Waals surface area (Å²) in [6.45, 7) is 2.95. The Morgan fingerprint density at radius 2 is 2.05 bits per heavy atom. The molecule has 3 N–H and O–H groups in total. The van der Waals surface area contributed by atoms with Crippen molar-refractivity contribution in [3.63, 3.8) is 0 Å². The topological polar surface area (TPSA) is 73.1 Å². The smallest absolute Gasteiger partial charge is 0.257 e. The van der Waals surface area contributed by atoms with E-state index in [1.165, 1.54) is 19.3 Å². The van der Waals surface area contributed by atoms with Crippen LogP contribution in [0.4, 0.5) is 5.82 Å². The molecular weight excluding hydrogens is 264 g/mol. The number of nitrogens with two attached hydrogens (primary N) is 1. The van der Waals surface area contributed by atoms with E-state index in [9.17, 15) is 0 Å². The molecule has 0 spiro atoms. The molecule has 1 fully saturated rings. The third-order valence-corrected chi connectivity index (χ3v) is 3.96. The van der Waals surface area contributed by atoms with Crippen molar-refractivity contribution in [1.29, 1.82) is 0 Å². The number of hydrogen-bond donors (Lipinski definition) is 2. The lowest BCUT2D eigenvalue weighted by molar-refractivity contribution is 0.269. The molecule has 5 nitrogen and oxygen atoms in total. The van der Waals surface area contributed by atoms with E-state index in [0.717, 1.165) is 36.5 Å². The van der Waals surface area contributed by atoms with Gasteiger partial charge >= 0.3 is 0 Å². The second kappa shape index (κ2) is 6.72. The first kappa shape index (κ1) is 14.1. The lowest BCUT2D eigenvalue weighted by Gasteiger charge is -2.22. The Morgan fingerprint density at radius 3 is 2.81 bits per heavy atom. The molecule has 0 radical (unpaired) electrons. The highest BCUT2D eigenvalue weighted by molar-refractivity contribution is 5.76. The molecule has 0 aliphatic carbocycles. The molecule has 1 aromatic heterocycles. The lowest BCUT2D eigenvalue weighted by atomic mass is 9.95. The van der Waals surface area contributed by atoms with E-state index in [2.05, 4.69) is 15.3 Å². The summed E-state index contributed by atoms with van der Waals surface area (Å²) in [4.78, 5) is 8.76. The quantitative estimate of drug-likeness (QED) is 0.826. The highest BCUT2D eigenvalue weighted by Crippen LogP contribution is 2.21. The van der Waals surface area contributed by atoms with Crippen molar-refractivity contribution in [3.05, 3.63) is 24.3 Å². The molecule has 2 aromatic rings. The second-order valence-corrected chi connectivity index (χ2v) is 5.61. The van der Waals surface area contributed by atoms with Crippen molar-refractivity contribution in [2.75, 3.05) is 25.4 Å². The van der Waals surface area contributed by atoms with Crippen molar-refractivity contribution in [1.82, 2.24) is 15.3 Å². The highest BCUT2D eigenvalue weighted by atomic mass is 16.5. The fourth-order valence-electron chi connectivity index (χ4n) is 2.81. The summed E-state index contributed by atoms with van der Waals surface area (Å²) in [6.07, 6.45) is 4.83. The van der Waals surface area contributed by atoms with Crippen LogP contribution in [0.2, 0.25) is 0 Å². The van der Waals surface area contributed by atoms with Gasteiger partial charge in [0.05, 0.1) is 17.6 Å². The molecule has 3 rings (SSSR count). The van der Waals surface area contributed by atoms with Crippen LogP contribution in [0.1, 0.15) is 25.7 Å². The number of nitrogen functional groups attached to an aromatic ring is 1. The van der Waals surface area contributed by atoms with Gasteiger partial charge < -0.3 is 15.8 Å².